The SMILES string of the molecule is Cc1cccc(Cl)c1CN=C1NC(=O)/C(=C\c2ccc3ncc(C#N)cc3n2)S1. The summed E-state index contributed by atoms with van der Waals surface area (Å²) in [6.07, 6.45) is 3.20. The Morgan fingerprint density at radius 2 is 2.17 bits per heavy atom. The zero-order valence-corrected chi connectivity index (χ0v) is 16.9. The van der Waals surface area contributed by atoms with E-state index in [1.54, 1.807) is 18.2 Å². The van der Waals surface area contributed by atoms with Crippen LogP contribution < -0.4 is 5.32 Å². The van der Waals surface area contributed by atoms with E-state index >= 15 is 0 Å². The zero-order valence-electron chi connectivity index (χ0n) is 15.3. The molecule has 0 aliphatic carbocycles. The molecule has 1 saturated heterocycles. The van der Waals surface area contributed by atoms with Gasteiger partial charge in [-0.3, -0.25) is 14.8 Å². The van der Waals surface area contributed by atoms with E-state index < -0.39 is 0 Å². The van der Waals surface area contributed by atoms with Crippen molar-refractivity contribution in [1.82, 2.24) is 15.3 Å². The van der Waals surface area contributed by atoms with Gasteiger partial charge < -0.3 is 5.32 Å². The summed E-state index contributed by atoms with van der Waals surface area (Å²) >= 11 is 7.50. The number of pyridine rings is 2. The molecule has 1 N–H and O–H groups in total. The maximum absolute atomic E-state index is 12.3. The van der Waals surface area contributed by atoms with E-state index in [0.29, 0.717) is 43.9 Å². The molecule has 3 aromatic rings. The molecule has 8 heteroatoms. The van der Waals surface area contributed by atoms with Crippen molar-refractivity contribution < 1.29 is 4.79 Å². The lowest BCUT2D eigenvalue weighted by atomic mass is 10.1. The molecule has 1 aromatic carbocycles. The van der Waals surface area contributed by atoms with Crippen LogP contribution in [0.3, 0.4) is 0 Å². The van der Waals surface area contributed by atoms with Gasteiger partial charge in [0, 0.05) is 11.2 Å². The number of hydrogen-bond acceptors (Lipinski definition) is 6. The number of rotatable bonds is 3. The van der Waals surface area contributed by atoms with E-state index in [2.05, 4.69) is 20.3 Å². The van der Waals surface area contributed by atoms with Crippen LogP contribution in [0.5, 0.6) is 0 Å². The highest BCUT2D eigenvalue weighted by Crippen LogP contribution is 2.27. The van der Waals surface area contributed by atoms with Crippen LogP contribution in [0.25, 0.3) is 17.1 Å². The minimum absolute atomic E-state index is 0.226. The molecule has 1 aliphatic rings. The Bertz CT molecular complexity index is 1230. The van der Waals surface area contributed by atoms with Crippen molar-refractivity contribution in [2.24, 2.45) is 4.99 Å². The van der Waals surface area contributed by atoms with Crippen molar-refractivity contribution >= 4 is 51.5 Å². The largest absolute Gasteiger partial charge is 0.301 e. The van der Waals surface area contributed by atoms with Crippen LogP contribution in [0.4, 0.5) is 0 Å². The number of benzene rings is 1. The Morgan fingerprint density at radius 1 is 1.31 bits per heavy atom. The second-order valence-corrected chi connectivity index (χ2v) is 7.77. The van der Waals surface area contributed by atoms with Crippen molar-refractivity contribution in [3.8, 4) is 6.07 Å². The number of nitriles is 1. The lowest BCUT2D eigenvalue weighted by molar-refractivity contribution is -0.115. The van der Waals surface area contributed by atoms with Gasteiger partial charge in [-0.25, -0.2) is 4.98 Å². The molecular formula is C21H14ClN5OS. The third kappa shape index (κ3) is 4.14. The van der Waals surface area contributed by atoms with Crippen molar-refractivity contribution in [3.05, 3.63) is 74.9 Å². The molecule has 3 heterocycles. The fraction of sp³-hybridized carbons (Fsp3) is 0.0952. The van der Waals surface area contributed by atoms with Crippen LogP contribution in [-0.2, 0) is 11.3 Å². The highest BCUT2D eigenvalue weighted by molar-refractivity contribution is 8.18. The van der Waals surface area contributed by atoms with Gasteiger partial charge in [-0.2, -0.15) is 5.26 Å². The number of fused-ring (bicyclic) bond motifs is 1. The molecule has 0 bridgehead atoms. The molecule has 1 aliphatic heterocycles. The normalized spacial score (nSPS) is 16.4. The fourth-order valence-electron chi connectivity index (χ4n) is 2.82. The molecule has 0 saturated carbocycles. The highest BCUT2D eigenvalue weighted by Gasteiger charge is 2.24. The van der Waals surface area contributed by atoms with Crippen LogP contribution in [0.1, 0.15) is 22.4 Å². The standard InChI is InChI=1S/C21H14ClN5OS/c1-12-3-2-4-16(22)15(12)11-25-21-27-20(28)19(29-21)8-14-5-6-17-18(26-14)7-13(9-23)10-24-17/h2-8,10H,11H2,1H3,(H,25,27,28)/b19-8+. The van der Waals surface area contributed by atoms with Gasteiger partial charge in [-0.05, 0) is 60.2 Å². The van der Waals surface area contributed by atoms with Gasteiger partial charge in [0.05, 0.1) is 33.7 Å². The summed E-state index contributed by atoms with van der Waals surface area (Å²) in [5, 5.41) is 13.0. The summed E-state index contributed by atoms with van der Waals surface area (Å²) in [4.78, 5) is 26.0. The minimum atomic E-state index is -0.226. The molecule has 6 nitrogen and oxygen atoms in total. The Labute approximate surface area is 176 Å². The van der Waals surface area contributed by atoms with Crippen LogP contribution in [-0.4, -0.2) is 21.0 Å². The molecule has 0 radical (unpaired) electrons. The average molecular weight is 420 g/mol. The first-order chi connectivity index (χ1) is 14.0. The molecule has 2 aromatic heterocycles. The Hall–Kier alpha value is -3.21. The first-order valence-corrected chi connectivity index (χ1v) is 9.89. The van der Waals surface area contributed by atoms with Gasteiger partial charge in [0.2, 0.25) is 0 Å². The van der Waals surface area contributed by atoms with E-state index in [9.17, 15) is 4.79 Å². The van der Waals surface area contributed by atoms with Crippen molar-refractivity contribution in [2.45, 2.75) is 13.5 Å². The Morgan fingerprint density at radius 3 is 2.97 bits per heavy atom. The third-order valence-electron chi connectivity index (χ3n) is 4.35. The third-order valence-corrected chi connectivity index (χ3v) is 5.65. The van der Waals surface area contributed by atoms with Crippen LogP contribution in [0, 0.1) is 18.3 Å². The quantitative estimate of drug-likeness (QED) is 0.641. The van der Waals surface area contributed by atoms with Crippen molar-refractivity contribution in [3.63, 3.8) is 0 Å². The summed E-state index contributed by atoms with van der Waals surface area (Å²) in [5.41, 5.74) is 4.32. The highest BCUT2D eigenvalue weighted by atomic mass is 35.5. The Balaban J connectivity index is 1.57. The first-order valence-electron chi connectivity index (χ1n) is 8.70. The summed E-state index contributed by atoms with van der Waals surface area (Å²) in [5.74, 6) is -0.226. The van der Waals surface area contributed by atoms with E-state index in [1.165, 1.54) is 18.0 Å². The average Bonchev–Trinajstić information content (AvgIpc) is 3.06. The number of thioether (sulfide) groups is 1. The first kappa shape index (κ1) is 19.1. The van der Waals surface area contributed by atoms with Gasteiger partial charge in [-0.15, -0.1) is 0 Å². The fourth-order valence-corrected chi connectivity index (χ4v) is 3.90. The van der Waals surface area contributed by atoms with Crippen LogP contribution in [0.15, 0.2) is 52.5 Å². The maximum atomic E-state index is 12.3. The number of amidine groups is 1. The molecule has 1 fully saturated rings. The number of nitrogens with zero attached hydrogens (tertiary/aromatic N) is 4. The number of aliphatic imine (C=N–C) groups is 1. The smallest absolute Gasteiger partial charge is 0.264 e. The lowest BCUT2D eigenvalue weighted by Crippen LogP contribution is -2.19. The number of aromatic nitrogens is 2. The molecule has 29 heavy (non-hydrogen) atoms. The molecular weight excluding hydrogens is 406 g/mol. The minimum Gasteiger partial charge on any atom is -0.301 e. The number of carbonyl (C=O) groups excluding carboxylic acids is 1. The van der Waals surface area contributed by atoms with E-state index in [-0.39, 0.29) is 5.91 Å². The van der Waals surface area contributed by atoms with Gasteiger partial charge in [0.15, 0.2) is 5.17 Å². The zero-order chi connectivity index (χ0) is 20.4. The van der Waals surface area contributed by atoms with E-state index in [1.807, 2.05) is 37.3 Å². The summed E-state index contributed by atoms with van der Waals surface area (Å²) in [7, 11) is 0. The number of carbonyl (C=O) groups is 1. The lowest BCUT2D eigenvalue weighted by Gasteiger charge is -2.05. The number of amides is 1. The predicted octanol–water partition coefficient (Wildman–Crippen LogP) is 4.22. The molecule has 142 valence electrons. The molecule has 0 atom stereocenters. The second-order valence-electron chi connectivity index (χ2n) is 6.33. The maximum Gasteiger partial charge on any atom is 0.264 e. The topological polar surface area (TPSA) is 91.0 Å². The van der Waals surface area contributed by atoms with Crippen LogP contribution >= 0.6 is 23.4 Å². The summed E-state index contributed by atoms with van der Waals surface area (Å²) in [6, 6.07) is 13.0. The molecule has 0 unspecified atom stereocenters. The summed E-state index contributed by atoms with van der Waals surface area (Å²) in [6.45, 7) is 2.36. The molecule has 1 amide bonds. The molecule has 4 rings (SSSR count). The number of nitrogens with one attached hydrogen (secondary N) is 1. The summed E-state index contributed by atoms with van der Waals surface area (Å²) < 4.78 is 0. The van der Waals surface area contributed by atoms with Gasteiger partial charge >= 0.3 is 0 Å². The van der Waals surface area contributed by atoms with E-state index in [4.69, 9.17) is 16.9 Å². The van der Waals surface area contributed by atoms with Gasteiger partial charge in [-0.1, -0.05) is 23.7 Å². The molecule has 0 spiro atoms. The van der Waals surface area contributed by atoms with Gasteiger partial charge in [0.25, 0.3) is 5.91 Å². The van der Waals surface area contributed by atoms with Gasteiger partial charge in [0.1, 0.15) is 6.07 Å². The predicted molar refractivity (Wildman–Crippen MR) is 115 cm³/mol. The van der Waals surface area contributed by atoms with E-state index in [0.717, 1.165) is 11.1 Å². The van der Waals surface area contributed by atoms with Crippen LogP contribution in [0.2, 0.25) is 5.02 Å². The monoisotopic (exact) mass is 419 g/mol. The number of aryl methyl sites for hydroxylation is 1. The van der Waals surface area contributed by atoms with Crippen molar-refractivity contribution in [1.29, 1.82) is 5.26 Å². The number of halogens is 1. The number of hydrogen-bond donors (Lipinski definition) is 1. The Kier molecular flexibility index (Phi) is 5.30. The second kappa shape index (κ2) is 8.03. The van der Waals surface area contributed by atoms with Crippen molar-refractivity contribution in [2.75, 3.05) is 0 Å².